The van der Waals surface area contributed by atoms with Gasteiger partial charge in [-0.1, -0.05) is 0 Å². The number of hydrogen-bond donors (Lipinski definition) is 3. The molecule has 0 bridgehead atoms. The summed E-state index contributed by atoms with van der Waals surface area (Å²) >= 11 is 0. The maximum atomic E-state index is 13.2. The van der Waals surface area contributed by atoms with Crippen molar-refractivity contribution in [1.29, 1.82) is 0 Å². The predicted octanol–water partition coefficient (Wildman–Crippen LogP) is 1.30. The van der Waals surface area contributed by atoms with E-state index in [2.05, 4.69) is 0 Å². The minimum absolute atomic E-state index is 0.213. The Morgan fingerprint density at radius 2 is 2.06 bits per heavy atom. The number of hydrogen-bond acceptors (Lipinski definition) is 3. The number of carbonyl (C=O) groups is 1. The minimum atomic E-state index is -1.39. The van der Waals surface area contributed by atoms with Gasteiger partial charge in [0, 0.05) is 6.42 Å². The molecule has 0 aliphatic heterocycles. The summed E-state index contributed by atoms with van der Waals surface area (Å²) in [4.78, 5) is 10.7. The molecule has 4 nitrogen and oxygen atoms in total. The molecule has 3 N–H and O–H groups in total. The highest BCUT2D eigenvalue weighted by Gasteiger charge is 2.40. The summed E-state index contributed by atoms with van der Waals surface area (Å²) in [6.45, 7) is 0. The smallest absolute Gasteiger partial charge is 0.339 e. The third-order valence-electron chi connectivity index (χ3n) is 2.71. The first-order valence-corrected chi connectivity index (χ1v) is 4.88. The van der Waals surface area contributed by atoms with Crippen LogP contribution in [0, 0.1) is 5.82 Å². The third-order valence-corrected chi connectivity index (χ3v) is 2.71. The van der Waals surface area contributed by atoms with Crippen LogP contribution >= 0.6 is 0 Å². The molecule has 0 atom stereocenters. The molecule has 1 saturated carbocycles. The fourth-order valence-corrected chi connectivity index (χ4v) is 1.62. The number of carboxylic acids is 1. The Morgan fingerprint density at radius 3 is 2.56 bits per heavy atom. The lowest BCUT2D eigenvalue weighted by molar-refractivity contribution is 0.0692. The van der Waals surface area contributed by atoms with E-state index in [0.717, 1.165) is 6.07 Å². The summed E-state index contributed by atoms with van der Waals surface area (Å²) in [6.07, 6.45) is 1.49. The van der Waals surface area contributed by atoms with Gasteiger partial charge in [0.15, 0.2) is 11.6 Å². The number of halogens is 1. The van der Waals surface area contributed by atoms with Crippen molar-refractivity contribution in [2.45, 2.75) is 24.9 Å². The Bertz CT molecular complexity index is 452. The van der Waals surface area contributed by atoms with E-state index < -0.39 is 28.7 Å². The zero-order valence-corrected chi connectivity index (χ0v) is 8.40. The molecule has 0 spiro atoms. The Kier molecular flexibility index (Phi) is 2.35. The van der Waals surface area contributed by atoms with Crippen LogP contribution in [0.25, 0.3) is 0 Å². The van der Waals surface area contributed by atoms with E-state index in [1.54, 1.807) is 0 Å². The second-order valence-corrected chi connectivity index (χ2v) is 4.18. The zero-order valence-electron chi connectivity index (χ0n) is 8.40. The van der Waals surface area contributed by atoms with Crippen LogP contribution in [0.4, 0.5) is 4.39 Å². The fraction of sp³-hybridized carbons (Fsp3) is 0.364. The molecular formula is C11H11FO4. The summed E-state index contributed by atoms with van der Waals surface area (Å²) in [5, 5.41) is 27.6. The molecule has 0 radical (unpaired) electrons. The number of phenols is 1. The van der Waals surface area contributed by atoms with Gasteiger partial charge >= 0.3 is 5.97 Å². The summed E-state index contributed by atoms with van der Waals surface area (Å²) in [5.74, 6) is -3.22. The van der Waals surface area contributed by atoms with Gasteiger partial charge < -0.3 is 15.3 Å². The van der Waals surface area contributed by atoms with Crippen molar-refractivity contribution in [2.75, 3.05) is 0 Å². The van der Waals surface area contributed by atoms with Gasteiger partial charge in [-0.05, 0) is 30.5 Å². The molecular weight excluding hydrogens is 215 g/mol. The average Bonchev–Trinajstić information content (AvgIpc) is 2.89. The molecule has 0 unspecified atom stereocenters. The lowest BCUT2D eigenvalue weighted by atomic mass is 10.0. The zero-order chi connectivity index (χ0) is 11.9. The quantitative estimate of drug-likeness (QED) is 0.725. The van der Waals surface area contributed by atoms with Gasteiger partial charge in [-0.2, -0.15) is 0 Å². The molecule has 2 rings (SSSR count). The molecule has 0 heterocycles. The lowest BCUT2D eigenvalue weighted by Gasteiger charge is -2.09. The highest BCUT2D eigenvalue weighted by atomic mass is 19.1. The molecule has 1 aliphatic rings. The van der Waals surface area contributed by atoms with E-state index in [0.29, 0.717) is 18.4 Å². The number of aromatic hydroxyl groups is 1. The molecule has 86 valence electrons. The van der Waals surface area contributed by atoms with Crippen molar-refractivity contribution in [3.8, 4) is 5.75 Å². The number of benzene rings is 1. The van der Waals surface area contributed by atoms with Crippen LogP contribution in [0.15, 0.2) is 12.1 Å². The van der Waals surface area contributed by atoms with E-state index in [1.807, 2.05) is 0 Å². The molecule has 5 heteroatoms. The van der Waals surface area contributed by atoms with Crippen LogP contribution in [0.5, 0.6) is 5.75 Å². The van der Waals surface area contributed by atoms with Crippen LogP contribution < -0.4 is 0 Å². The van der Waals surface area contributed by atoms with Gasteiger partial charge in [0.2, 0.25) is 0 Å². The van der Waals surface area contributed by atoms with Gasteiger partial charge in [-0.3, -0.25) is 0 Å². The Balaban J connectivity index is 2.36. The molecule has 0 aromatic heterocycles. The first-order chi connectivity index (χ1) is 7.41. The average molecular weight is 226 g/mol. The second-order valence-electron chi connectivity index (χ2n) is 4.18. The summed E-state index contributed by atoms with van der Waals surface area (Å²) in [5.41, 5.74) is -0.911. The summed E-state index contributed by atoms with van der Waals surface area (Å²) in [7, 11) is 0. The van der Waals surface area contributed by atoms with Crippen molar-refractivity contribution in [3.63, 3.8) is 0 Å². The molecule has 1 aromatic rings. The number of carboxylic acid groups (broad SMARTS) is 1. The van der Waals surface area contributed by atoms with Crippen LogP contribution in [0.2, 0.25) is 0 Å². The van der Waals surface area contributed by atoms with Crippen LogP contribution in [0.3, 0.4) is 0 Å². The number of aromatic carboxylic acids is 1. The normalized spacial score (nSPS) is 17.1. The Labute approximate surface area is 91.0 Å². The van der Waals surface area contributed by atoms with Crippen molar-refractivity contribution >= 4 is 5.97 Å². The largest absolute Gasteiger partial charge is 0.504 e. The van der Waals surface area contributed by atoms with Crippen molar-refractivity contribution < 1.29 is 24.5 Å². The van der Waals surface area contributed by atoms with Crippen LogP contribution in [-0.4, -0.2) is 26.9 Å². The van der Waals surface area contributed by atoms with E-state index in [9.17, 15) is 19.4 Å². The van der Waals surface area contributed by atoms with Crippen LogP contribution in [0.1, 0.15) is 28.8 Å². The van der Waals surface area contributed by atoms with E-state index >= 15 is 0 Å². The lowest BCUT2D eigenvalue weighted by Crippen LogP contribution is -2.12. The van der Waals surface area contributed by atoms with E-state index in [1.165, 1.54) is 6.07 Å². The monoisotopic (exact) mass is 226 g/mol. The standard InChI is InChI=1S/C11H11FO4/c12-8-4-6(5-11(16)1-2-11)3-7(9(8)13)10(14)15/h3-4,13,16H,1-2,5H2,(H,14,15). The molecule has 16 heavy (non-hydrogen) atoms. The van der Waals surface area contributed by atoms with Crippen molar-refractivity contribution in [3.05, 3.63) is 29.1 Å². The molecule has 1 fully saturated rings. The van der Waals surface area contributed by atoms with Gasteiger partial charge in [0.05, 0.1) is 5.60 Å². The van der Waals surface area contributed by atoms with Gasteiger partial charge in [0.1, 0.15) is 5.56 Å². The second kappa shape index (κ2) is 3.45. The third kappa shape index (κ3) is 1.99. The first-order valence-electron chi connectivity index (χ1n) is 4.88. The number of rotatable bonds is 3. The molecule has 0 saturated heterocycles. The van der Waals surface area contributed by atoms with Crippen LogP contribution in [-0.2, 0) is 6.42 Å². The number of aliphatic hydroxyl groups is 1. The Morgan fingerprint density at radius 1 is 1.44 bits per heavy atom. The minimum Gasteiger partial charge on any atom is -0.504 e. The first kappa shape index (κ1) is 10.9. The van der Waals surface area contributed by atoms with E-state index in [-0.39, 0.29) is 6.42 Å². The van der Waals surface area contributed by atoms with E-state index in [4.69, 9.17) is 5.11 Å². The van der Waals surface area contributed by atoms with Gasteiger partial charge in [-0.25, -0.2) is 9.18 Å². The molecule has 0 amide bonds. The summed E-state index contributed by atoms with van der Waals surface area (Å²) < 4.78 is 13.2. The SMILES string of the molecule is O=C(O)c1cc(CC2(O)CC2)cc(F)c1O. The highest BCUT2D eigenvalue weighted by molar-refractivity contribution is 5.91. The predicted molar refractivity (Wildman–Crippen MR) is 52.9 cm³/mol. The molecule has 1 aromatic carbocycles. The van der Waals surface area contributed by atoms with Gasteiger partial charge in [0.25, 0.3) is 0 Å². The highest BCUT2D eigenvalue weighted by Crippen LogP contribution is 2.39. The summed E-state index contributed by atoms with van der Waals surface area (Å²) in [6, 6.07) is 2.25. The van der Waals surface area contributed by atoms with Crippen molar-refractivity contribution in [2.24, 2.45) is 0 Å². The maximum Gasteiger partial charge on any atom is 0.339 e. The molecule has 1 aliphatic carbocycles. The fourth-order valence-electron chi connectivity index (χ4n) is 1.62. The Hall–Kier alpha value is -1.62. The topological polar surface area (TPSA) is 77.8 Å². The van der Waals surface area contributed by atoms with Crippen molar-refractivity contribution in [1.82, 2.24) is 0 Å². The van der Waals surface area contributed by atoms with Gasteiger partial charge in [-0.15, -0.1) is 0 Å². The maximum absolute atomic E-state index is 13.2.